The summed E-state index contributed by atoms with van der Waals surface area (Å²) in [6.07, 6.45) is 2.34. The Morgan fingerprint density at radius 2 is 1.86 bits per heavy atom. The average molecular weight is 328 g/mol. The Hall–Kier alpha value is -1.78. The lowest BCUT2D eigenvalue weighted by molar-refractivity contribution is 0.573. The van der Waals surface area contributed by atoms with Crippen molar-refractivity contribution in [1.82, 2.24) is 15.0 Å². The lowest BCUT2D eigenvalue weighted by Crippen LogP contribution is -2.16. The highest BCUT2D eigenvalue weighted by Crippen LogP contribution is 2.27. The first-order valence-electron chi connectivity index (χ1n) is 6.00. The molecule has 0 spiro atoms. The molecule has 2 heterocycles. The van der Waals surface area contributed by atoms with E-state index in [1.165, 1.54) is 23.7 Å². The average Bonchev–Trinajstić information content (AvgIpc) is 2.86. The van der Waals surface area contributed by atoms with Crippen LogP contribution in [-0.2, 0) is 15.4 Å². The Morgan fingerprint density at radius 1 is 1.24 bits per heavy atom. The van der Waals surface area contributed by atoms with Gasteiger partial charge in [-0.05, 0) is 0 Å². The molecular weight excluding hydrogens is 312 g/mol. The Balaban J connectivity index is 2.22. The number of anilines is 2. The van der Waals surface area contributed by atoms with Crippen LogP contribution in [0.15, 0.2) is 22.7 Å². The van der Waals surface area contributed by atoms with E-state index < -0.39 is 10.0 Å². The number of nitrogens with zero attached hydrogens (tertiary/aromatic N) is 3. The lowest BCUT2D eigenvalue weighted by atomic mass is 9.93. The number of hydrogen-bond acceptors (Lipinski definition) is 8. The maximum atomic E-state index is 12.2. The van der Waals surface area contributed by atoms with Crippen molar-refractivity contribution in [3.05, 3.63) is 23.5 Å². The highest BCUT2D eigenvalue weighted by Gasteiger charge is 2.21. The maximum Gasteiger partial charge on any atom is 0.266 e. The van der Waals surface area contributed by atoms with Crippen molar-refractivity contribution in [2.45, 2.75) is 31.1 Å². The number of sulfonamides is 1. The molecule has 2 rings (SSSR count). The van der Waals surface area contributed by atoms with Crippen molar-refractivity contribution < 1.29 is 8.42 Å². The molecule has 0 aliphatic carbocycles. The van der Waals surface area contributed by atoms with Gasteiger partial charge in [-0.25, -0.2) is 29.2 Å². The van der Waals surface area contributed by atoms with Crippen LogP contribution in [0.4, 0.5) is 11.1 Å². The van der Waals surface area contributed by atoms with E-state index in [1.807, 2.05) is 26.2 Å². The third-order valence-electron chi connectivity index (χ3n) is 2.56. The Labute approximate surface area is 126 Å². The van der Waals surface area contributed by atoms with Gasteiger partial charge in [0.05, 0.1) is 18.1 Å². The van der Waals surface area contributed by atoms with E-state index in [4.69, 9.17) is 5.84 Å². The predicted molar refractivity (Wildman–Crippen MR) is 81.5 cm³/mol. The number of aromatic nitrogens is 3. The molecule has 2 aromatic heterocycles. The van der Waals surface area contributed by atoms with E-state index in [1.54, 1.807) is 0 Å². The summed E-state index contributed by atoms with van der Waals surface area (Å²) in [7, 11) is -3.77. The highest BCUT2D eigenvalue weighted by atomic mass is 32.2. The SMILES string of the molecule is CC(C)(C)c1csc(NS(=O)(=O)c2cnc(NN)nc2)n1. The van der Waals surface area contributed by atoms with Gasteiger partial charge in [0.2, 0.25) is 5.95 Å². The minimum atomic E-state index is -3.77. The normalized spacial score (nSPS) is 12.2. The van der Waals surface area contributed by atoms with Gasteiger partial charge in [-0.1, -0.05) is 20.8 Å². The topological polar surface area (TPSA) is 123 Å². The third-order valence-corrected chi connectivity index (χ3v) is 4.74. The van der Waals surface area contributed by atoms with E-state index in [2.05, 4.69) is 25.1 Å². The molecule has 0 aliphatic rings. The highest BCUT2D eigenvalue weighted by molar-refractivity contribution is 7.93. The second-order valence-electron chi connectivity index (χ2n) is 5.28. The van der Waals surface area contributed by atoms with E-state index in [0.717, 1.165) is 5.69 Å². The molecule has 0 saturated carbocycles. The molecule has 0 fully saturated rings. The van der Waals surface area contributed by atoms with Crippen molar-refractivity contribution in [2.24, 2.45) is 5.84 Å². The molecular formula is C11H16N6O2S2. The molecule has 10 heteroatoms. The maximum absolute atomic E-state index is 12.2. The number of rotatable bonds is 4. The van der Waals surface area contributed by atoms with Gasteiger partial charge in [-0.15, -0.1) is 11.3 Å². The molecule has 0 aromatic carbocycles. The van der Waals surface area contributed by atoms with Gasteiger partial charge in [-0.2, -0.15) is 0 Å². The zero-order valence-corrected chi connectivity index (χ0v) is 13.4. The van der Waals surface area contributed by atoms with Gasteiger partial charge in [0.1, 0.15) is 4.90 Å². The van der Waals surface area contributed by atoms with Crippen LogP contribution in [0.2, 0.25) is 0 Å². The van der Waals surface area contributed by atoms with Crippen LogP contribution in [0.25, 0.3) is 0 Å². The zero-order chi connectivity index (χ0) is 15.7. The molecule has 4 N–H and O–H groups in total. The standard InChI is InChI=1S/C11H16N6O2S2/c1-11(2,3)8-6-20-10(15-8)17-21(18,19)7-4-13-9(16-12)14-5-7/h4-6H,12H2,1-3H3,(H,15,17)(H,13,14,16). The molecule has 8 nitrogen and oxygen atoms in total. The number of hydrogen-bond donors (Lipinski definition) is 3. The van der Waals surface area contributed by atoms with Gasteiger partial charge in [0.25, 0.3) is 10.0 Å². The summed E-state index contributed by atoms with van der Waals surface area (Å²) < 4.78 is 26.8. The van der Waals surface area contributed by atoms with Crippen LogP contribution < -0.4 is 16.0 Å². The van der Waals surface area contributed by atoms with Crippen LogP contribution in [0.5, 0.6) is 0 Å². The second-order valence-corrected chi connectivity index (χ2v) is 7.82. The van der Waals surface area contributed by atoms with Gasteiger partial charge < -0.3 is 0 Å². The molecule has 2 aromatic rings. The quantitative estimate of drug-likeness (QED) is 0.571. The van der Waals surface area contributed by atoms with E-state index in [9.17, 15) is 8.42 Å². The van der Waals surface area contributed by atoms with Crippen molar-refractivity contribution in [3.63, 3.8) is 0 Å². The smallest absolute Gasteiger partial charge is 0.266 e. The second kappa shape index (κ2) is 5.54. The molecule has 0 unspecified atom stereocenters. The van der Waals surface area contributed by atoms with Crippen LogP contribution in [0, 0.1) is 0 Å². The minimum absolute atomic E-state index is 0.0611. The van der Waals surface area contributed by atoms with Crippen molar-refractivity contribution in [1.29, 1.82) is 0 Å². The first kappa shape index (κ1) is 15.6. The Kier molecular flexibility index (Phi) is 4.12. The number of nitrogens with one attached hydrogen (secondary N) is 2. The molecule has 21 heavy (non-hydrogen) atoms. The van der Waals surface area contributed by atoms with E-state index in [-0.39, 0.29) is 16.3 Å². The number of nitrogen functional groups attached to an aromatic ring is 1. The fraction of sp³-hybridized carbons (Fsp3) is 0.364. The van der Waals surface area contributed by atoms with Crippen LogP contribution in [-0.4, -0.2) is 23.4 Å². The molecule has 0 atom stereocenters. The van der Waals surface area contributed by atoms with Crippen molar-refractivity contribution >= 4 is 32.4 Å². The van der Waals surface area contributed by atoms with Crippen LogP contribution >= 0.6 is 11.3 Å². The summed E-state index contributed by atoms with van der Waals surface area (Å²) in [6, 6.07) is 0. The summed E-state index contributed by atoms with van der Waals surface area (Å²) in [4.78, 5) is 11.8. The van der Waals surface area contributed by atoms with Gasteiger partial charge in [0, 0.05) is 10.8 Å². The fourth-order valence-electron chi connectivity index (χ4n) is 1.37. The first-order valence-corrected chi connectivity index (χ1v) is 8.36. The number of nitrogens with two attached hydrogens (primary N) is 1. The van der Waals surface area contributed by atoms with Gasteiger partial charge in [-0.3, -0.25) is 10.1 Å². The first-order chi connectivity index (χ1) is 9.72. The zero-order valence-electron chi connectivity index (χ0n) is 11.8. The van der Waals surface area contributed by atoms with E-state index in [0.29, 0.717) is 5.13 Å². The lowest BCUT2D eigenvalue weighted by Gasteiger charge is -2.14. The fourth-order valence-corrected chi connectivity index (χ4v) is 3.45. The molecule has 0 saturated heterocycles. The van der Waals surface area contributed by atoms with E-state index >= 15 is 0 Å². The molecule has 0 aliphatic heterocycles. The summed E-state index contributed by atoms with van der Waals surface area (Å²) in [5, 5.41) is 2.14. The molecule has 114 valence electrons. The minimum Gasteiger partial charge on any atom is -0.292 e. The van der Waals surface area contributed by atoms with Crippen molar-refractivity contribution in [3.8, 4) is 0 Å². The van der Waals surface area contributed by atoms with Crippen LogP contribution in [0.3, 0.4) is 0 Å². The monoisotopic (exact) mass is 328 g/mol. The largest absolute Gasteiger partial charge is 0.292 e. The third kappa shape index (κ3) is 3.65. The number of thiazole rings is 1. The molecule has 0 radical (unpaired) electrons. The predicted octanol–water partition coefficient (Wildman–Crippen LogP) is 1.32. The Bertz CT molecular complexity index is 718. The summed E-state index contributed by atoms with van der Waals surface area (Å²) in [5.41, 5.74) is 2.91. The van der Waals surface area contributed by atoms with Gasteiger partial charge >= 0.3 is 0 Å². The van der Waals surface area contributed by atoms with Crippen molar-refractivity contribution in [2.75, 3.05) is 10.1 Å². The van der Waals surface area contributed by atoms with Gasteiger partial charge in [0.15, 0.2) is 5.13 Å². The van der Waals surface area contributed by atoms with Crippen LogP contribution in [0.1, 0.15) is 26.5 Å². The molecule has 0 amide bonds. The Morgan fingerprint density at radius 3 is 2.33 bits per heavy atom. The summed E-state index contributed by atoms with van der Waals surface area (Å²) in [5.74, 6) is 5.26. The summed E-state index contributed by atoms with van der Waals surface area (Å²) in [6.45, 7) is 6.02. The molecule has 0 bridgehead atoms. The number of hydrazine groups is 1. The summed E-state index contributed by atoms with van der Waals surface area (Å²) >= 11 is 1.23.